The number of carbonyl (C=O) groups excluding carboxylic acids is 3. The zero-order valence-electron chi connectivity index (χ0n) is 18.7. The fourth-order valence-electron chi connectivity index (χ4n) is 4.69. The number of Topliss-reactive ketones (excluding diaryl/α,β-unsaturated/α-hetero) is 1. The Hall–Kier alpha value is -3.29. The molecular weight excluding hydrogens is 414 g/mol. The number of nitrogens with one attached hydrogen (secondary N) is 1. The maximum Gasteiger partial charge on any atom is 0.336 e. The highest BCUT2D eigenvalue weighted by Crippen LogP contribution is 2.47. The lowest BCUT2D eigenvalue weighted by molar-refractivity contribution is -0.153. The van der Waals surface area contributed by atoms with Gasteiger partial charge in [0.15, 0.2) is 17.3 Å². The minimum absolute atomic E-state index is 0.111. The molecule has 2 aliphatic heterocycles. The van der Waals surface area contributed by atoms with E-state index in [1.165, 1.54) is 0 Å². The highest BCUT2D eigenvalue weighted by Gasteiger charge is 2.47. The molecule has 0 saturated carbocycles. The van der Waals surface area contributed by atoms with Crippen molar-refractivity contribution in [2.24, 2.45) is 11.8 Å². The predicted molar refractivity (Wildman–Crippen MR) is 114 cm³/mol. The predicted octanol–water partition coefficient (Wildman–Crippen LogP) is 2.98. The fourth-order valence-corrected chi connectivity index (χ4v) is 4.69. The van der Waals surface area contributed by atoms with Gasteiger partial charge in [0, 0.05) is 22.9 Å². The molecule has 8 nitrogen and oxygen atoms in total. The van der Waals surface area contributed by atoms with Crippen molar-refractivity contribution in [1.29, 1.82) is 0 Å². The van der Waals surface area contributed by atoms with Gasteiger partial charge in [0.25, 0.3) is 0 Å². The third-order valence-electron chi connectivity index (χ3n) is 6.05. The van der Waals surface area contributed by atoms with Gasteiger partial charge < -0.3 is 24.3 Å². The van der Waals surface area contributed by atoms with Gasteiger partial charge in [-0.1, -0.05) is 13.0 Å². The Morgan fingerprint density at radius 2 is 1.84 bits per heavy atom. The van der Waals surface area contributed by atoms with Crippen LogP contribution in [-0.2, 0) is 23.9 Å². The lowest BCUT2D eigenvalue weighted by Crippen LogP contribution is -2.43. The van der Waals surface area contributed by atoms with Crippen molar-refractivity contribution in [3.8, 4) is 11.5 Å². The molecule has 0 bridgehead atoms. The monoisotopic (exact) mass is 441 g/mol. The Kier molecular flexibility index (Phi) is 5.95. The van der Waals surface area contributed by atoms with Crippen LogP contribution in [0.3, 0.4) is 0 Å². The summed E-state index contributed by atoms with van der Waals surface area (Å²) in [5, 5.41) is 3.24. The van der Waals surface area contributed by atoms with E-state index in [1.54, 1.807) is 32.9 Å². The summed E-state index contributed by atoms with van der Waals surface area (Å²) >= 11 is 0. The van der Waals surface area contributed by atoms with Crippen molar-refractivity contribution >= 4 is 17.7 Å². The van der Waals surface area contributed by atoms with Crippen LogP contribution < -0.4 is 14.8 Å². The molecule has 0 unspecified atom stereocenters. The number of hydrogen-bond acceptors (Lipinski definition) is 8. The molecule has 0 radical (unpaired) electrons. The van der Waals surface area contributed by atoms with E-state index in [0.717, 1.165) is 5.70 Å². The van der Waals surface area contributed by atoms with Gasteiger partial charge in [-0.3, -0.25) is 9.59 Å². The summed E-state index contributed by atoms with van der Waals surface area (Å²) in [6, 6.07) is 5.35. The Balaban J connectivity index is 1.85. The number of dihydropyridines is 1. The third-order valence-corrected chi connectivity index (χ3v) is 6.05. The minimum atomic E-state index is -0.922. The molecule has 1 aromatic rings. The summed E-state index contributed by atoms with van der Waals surface area (Å²) in [6.07, 6.45) is 0.485. The van der Waals surface area contributed by atoms with Crippen molar-refractivity contribution in [1.82, 2.24) is 5.32 Å². The van der Waals surface area contributed by atoms with E-state index >= 15 is 0 Å². The number of esters is 2. The maximum atomic E-state index is 13.7. The standard InChI is InChI=1S/C24H27NO7/c1-5-29-23(27)18-12(3)9-15-21(22(18)26)20(19(13(4)25-15)24(28)30-6-2)14-7-8-16-17(10-14)32-11-31-16/h7-8,10,12,18,20,25H,5-6,9,11H2,1-4H3/t12-,18-,20+/m0/s1. The molecule has 32 heavy (non-hydrogen) atoms. The lowest BCUT2D eigenvalue weighted by Gasteiger charge is -2.38. The van der Waals surface area contributed by atoms with Crippen LogP contribution in [0, 0.1) is 11.8 Å². The first-order valence-electron chi connectivity index (χ1n) is 10.9. The summed E-state index contributed by atoms with van der Waals surface area (Å²) in [4.78, 5) is 39.3. The molecule has 3 aliphatic rings. The second-order valence-corrected chi connectivity index (χ2v) is 8.10. The van der Waals surface area contributed by atoms with Gasteiger partial charge in [-0.25, -0.2) is 4.79 Å². The van der Waals surface area contributed by atoms with Gasteiger partial charge in [0.1, 0.15) is 5.92 Å². The Morgan fingerprint density at radius 3 is 2.56 bits per heavy atom. The molecule has 2 heterocycles. The summed E-state index contributed by atoms with van der Waals surface area (Å²) < 4.78 is 21.5. The average Bonchev–Trinajstić information content (AvgIpc) is 3.20. The van der Waals surface area contributed by atoms with Crippen LogP contribution in [0.4, 0.5) is 0 Å². The molecule has 1 aliphatic carbocycles. The maximum absolute atomic E-state index is 13.7. The number of ketones is 1. The number of carbonyl (C=O) groups is 3. The smallest absolute Gasteiger partial charge is 0.336 e. The molecular formula is C24H27NO7. The van der Waals surface area contributed by atoms with E-state index in [4.69, 9.17) is 18.9 Å². The van der Waals surface area contributed by atoms with Crippen LogP contribution in [0.5, 0.6) is 11.5 Å². The SMILES string of the molecule is CCOC(=O)C1=C(C)NC2=C(C(=O)[C@@H](C(=O)OCC)[C@@H](C)C2)[C@@H]1c1ccc2c(c1)OCO2. The van der Waals surface area contributed by atoms with Crippen LogP contribution in [0.1, 0.15) is 45.6 Å². The highest BCUT2D eigenvalue weighted by molar-refractivity contribution is 6.12. The first-order chi connectivity index (χ1) is 15.4. The lowest BCUT2D eigenvalue weighted by atomic mass is 9.69. The molecule has 8 heteroatoms. The van der Waals surface area contributed by atoms with E-state index in [1.807, 2.05) is 13.0 Å². The molecule has 4 rings (SSSR count). The number of allylic oxidation sites excluding steroid dienone is 3. The van der Waals surface area contributed by atoms with Crippen LogP contribution in [-0.4, -0.2) is 37.7 Å². The van der Waals surface area contributed by atoms with Gasteiger partial charge in [0.05, 0.1) is 18.8 Å². The Morgan fingerprint density at radius 1 is 1.12 bits per heavy atom. The van der Waals surface area contributed by atoms with Gasteiger partial charge >= 0.3 is 11.9 Å². The average molecular weight is 441 g/mol. The quantitative estimate of drug-likeness (QED) is 0.550. The van der Waals surface area contributed by atoms with Crippen molar-refractivity contribution in [3.05, 3.63) is 46.3 Å². The first-order valence-corrected chi connectivity index (χ1v) is 10.9. The number of rotatable bonds is 5. The minimum Gasteiger partial charge on any atom is -0.465 e. The Bertz CT molecular complexity index is 1040. The Labute approximate surface area is 186 Å². The highest BCUT2D eigenvalue weighted by atomic mass is 16.7. The van der Waals surface area contributed by atoms with Crippen LogP contribution >= 0.6 is 0 Å². The summed E-state index contributed by atoms with van der Waals surface area (Å²) in [5.74, 6) is -2.09. The fraction of sp³-hybridized carbons (Fsp3) is 0.458. The molecule has 0 fully saturated rings. The van der Waals surface area contributed by atoms with E-state index in [0.29, 0.717) is 40.3 Å². The van der Waals surface area contributed by atoms with Crippen LogP contribution in [0.15, 0.2) is 40.7 Å². The van der Waals surface area contributed by atoms with Crippen molar-refractivity contribution in [2.45, 2.75) is 40.0 Å². The molecule has 0 aromatic heterocycles. The molecule has 0 saturated heterocycles. The molecule has 170 valence electrons. The van der Waals surface area contributed by atoms with Crippen LogP contribution in [0.25, 0.3) is 0 Å². The third kappa shape index (κ3) is 3.63. The number of hydrogen-bond donors (Lipinski definition) is 1. The zero-order chi connectivity index (χ0) is 23.0. The molecule has 3 atom stereocenters. The summed E-state index contributed by atoms with van der Waals surface area (Å²) in [5.41, 5.74) is 2.77. The summed E-state index contributed by atoms with van der Waals surface area (Å²) in [7, 11) is 0. The molecule has 0 spiro atoms. The van der Waals surface area contributed by atoms with Gasteiger partial charge in [-0.15, -0.1) is 0 Å². The van der Waals surface area contributed by atoms with E-state index in [9.17, 15) is 14.4 Å². The summed E-state index contributed by atoms with van der Waals surface area (Å²) in [6.45, 7) is 7.60. The van der Waals surface area contributed by atoms with Crippen molar-refractivity contribution < 1.29 is 33.3 Å². The largest absolute Gasteiger partial charge is 0.465 e. The first kappa shape index (κ1) is 21.9. The topological polar surface area (TPSA) is 100 Å². The van der Waals surface area contributed by atoms with E-state index in [2.05, 4.69) is 5.32 Å². The second-order valence-electron chi connectivity index (χ2n) is 8.10. The normalized spacial score (nSPS) is 24.1. The number of fused-ring (bicyclic) bond motifs is 1. The van der Waals surface area contributed by atoms with Gasteiger partial charge in [-0.05, 0) is 50.8 Å². The van der Waals surface area contributed by atoms with E-state index in [-0.39, 0.29) is 31.7 Å². The molecule has 0 amide bonds. The van der Waals surface area contributed by atoms with Crippen molar-refractivity contribution in [2.75, 3.05) is 20.0 Å². The van der Waals surface area contributed by atoms with Gasteiger partial charge in [0.2, 0.25) is 6.79 Å². The second kappa shape index (κ2) is 8.68. The number of benzene rings is 1. The molecule has 1 aromatic carbocycles. The number of ether oxygens (including phenoxy) is 4. The van der Waals surface area contributed by atoms with E-state index < -0.39 is 23.8 Å². The van der Waals surface area contributed by atoms with Gasteiger partial charge in [-0.2, -0.15) is 0 Å². The molecule has 1 N–H and O–H groups in total. The van der Waals surface area contributed by atoms with Crippen LogP contribution in [0.2, 0.25) is 0 Å². The zero-order valence-corrected chi connectivity index (χ0v) is 18.7. The van der Waals surface area contributed by atoms with Crippen molar-refractivity contribution in [3.63, 3.8) is 0 Å².